The van der Waals surface area contributed by atoms with Crippen molar-refractivity contribution in [1.82, 2.24) is 4.57 Å². The highest BCUT2D eigenvalue weighted by Gasteiger charge is 2.34. The van der Waals surface area contributed by atoms with Gasteiger partial charge >= 0.3 is 5.97 Å². The molecule has 1 aromatic carbocycles. The van der Waals surface area contributed by atoms with E-state index in [4.69, 9.17) is 18.6 Å². The van der Waals surface area contributed by atoms with Crippen molar-refractivity contribution in [2.24, 2.45) is 4.99 Å². The molecular weight excluding hydrogens is 444 g/mol. The molecule has 9 heteroatoms. The number of carbonyl (C=O) groups is 1. The predicted octanol–water partition coefficient (Wildman–Crippen LogP) is 2.80. The van der Waals surface area contributed by atoms with E-state index in [-0.39, 0.29) is 12.2 Å². The number of hydrogen-bond acceptors (Lipinski definition) is 8. The zero-order valence-corrected chi connectivity index (χ0v) is 19.6. The summed E-state index contributed by atoms with van der Waals surface area (Å²) in [5.74, 6) is 1.12. The van der Waals surface area contributed by atoms with Gasteiger partial charge in [0.25, 0.3) is 5.56 Å². The predicted molar refractivity (Wildman–Crippen MR) is 123 cm³/mol. The van der Waals surface area contributed by atoms with Crippen molar-refractivity contribution in [3.05, 3.63) is 78.9 Å². The molecule has 0 bridgehead atoms. The SMILES string of the molecule is CCOC(=O)C1=C(C)N=c2s/c(=C/c3ccco3)c(=O)n2C1c1ccc(OC)c(OCC)c1. The first-order valence-corrected chi connectivity index (χ1v) is 11.3. The van der Waals surface area contributed by atoms with Crippen molar-refractivity contribution >= 4 is 23.4 Å². The van der Waals surface area contributed by atoms with E-state index in [1.54, 1.807) is 57.6 Å². The van der Waals surface area contributed by atoms with Crippen molar-refractivity contribution in [2.75, 3.05) is 20.3 Å². The highest BCUT2D eigenvalue weighted by molar-refractivity contribution is 7.07. The second kappa shape index (κ2) is 9.50. The first-order chi connectivity index (χ1) is 16.0. The van der Waals surface area contributed by atoms with E-state index in [1.807, 2.05) is 13.0 Å². The molecule has 0 saturated carbocycles. The Morgan fingerprint density at radius 1 is 1.24 bits per heavy atom. The number of carbonyl (C=O) groups excluding carboxylic acids is 1. The van der Waals surface area contributed by atoms with Crippen LogP contribution in [0.4, 0.5) is 0 Å². The molecular formula is C24H24N2O6S. The van der Waals surface area contributed by atoms with Crippen LogP contribution in [0.2, 0.25) is 0 Å². The summed E-state index contributed by atoms with van der Waals surface area (Å²) in [5.41, 5.74) is 1.21. The molecule has 1 unspecified atom stereocenters. The number of fused-ring (bicyclic) bond motifs is 1. The molecule has 0 fully saturated rings. The van der Waals surface area contributed by atoms with Gasteiger partial charge in [0.15, 0.2) is 16.3 Å². The summed E-state index contributed by atoms with van der Waals surface area (Å²) >= 11 is 1.24. The van der Waals surface area contributed by atoms with Gasteiger partial charge < -0.3 is 18.6 Å². The van der Waals surface area contributed by atoms with Gasteiger partial charge in [-0.2, -0.15) is 0 Å². The fraction of sp³-hybridized carbons (Fsp3) is 0.292. The van der Waals surface area contributed by atoms with Gasteiger partial charge in [0.05, 0.1) is 48.4 Å². The van der Waals surface area contributed by atoms with Crippen LogP contribution in [-0.2, 0) is 9.53 Å². The summed E-state index contributed by atoms with van der Waals surface area (Å²) in [6, 6.07) is 8.15. The van der Waals surface area contributed by atoms with E-state index < -0.39 is 12.0 Å². The largest absolute Gasteiger partial charge is 0.493 e. The number of ether oxygens (including phenoxy) is 3. The monoisotopic (exact) mass is 468 g/mol. The molecule has 2 aromatic heterocycles. The number of aromatic nitrogens is 1. The summed E-state index contributed by atoms with van der Waals surface area (Å²) < 4.78 is 23.8. The first-order valence-electron chi connectivity index (χ1n) is 10.5. The van der Waals surface area contributed by atoms with Gasteiger partial charge in [-0.15, -0.1) is 0 Å². The Morgan fingerprint density at radius 2 is 2.06 bits per heavy atom. The summed E-state index contributed by atoms with van der Waals surface area (Å²) in [4.78, 5) is 31.5. The summed E-state index contributed by atoms with van der Waals surface area (Å²) in [7, 11) is 1.56. The van der Waals surface area contributed by atoms with Crippen LogP contribution in [0.25, 0.3) is 6.08 Å². The molecule has 0 radical (unpaired) electrons. The Kier molecular flexibility index (Phi) is 6.50. The molecule has 33 heavy (non-hydrogen) atoms. The minimum absolute atomic E-state index is 0.206. The number of methoxy groups -OCH3 is 1. The third kappa shape index (κ3) is 4.23. The molecule has 3 aromatic rings. The lowest BCUT2D eigenvalue weighted by molar-refractivity contribution is -0.139. The Bertz CT molecular complexity index is 1380. The lowest BCUT2D eigenvalue weighted by Gasteiger charge is -2.25. The minimum atomic E-state index is -0.732. The van der Waals surface area contributed by atoms with Crippen LogP contribution in [0.5, 0.6) is 11.5 Å². The quantitative estimate of drug-likeness (QED) is 0.495. The van der Waals surface area contributed by atoms with Crippen LogP contribution in [0, 0.1) is 0 Å². The average Bonchev–Trinajstić information content (AvgIpc) is 3.41. The molecule has 1 aliphatic rings. The van der Waals surface area contributed by atoms with Crippen LogP contribution in [0.3, 0.4) is 0 Å². The third-order valence-electron chi connectivity index (χ3n) is 5.14. The van der Waals surface area contributed by atoms with Gasteiger partial charge in [-0.25, -0.2) is 9.79 Å². The Hall–Kier alpha value is -3.59. The van der Waals surface area contributed by atoms with Crippen molar-refractivity contribution in [1.29, 1.82) is 0 Å². The second-order valence-electron chi connectivity index (χ2n) is 7.16. The van der Waals surface area contributed by atoms with Crippen molar-refractivity contribution in [3.63, 3.8) is 0 Å². The Labute approximate surface area is 194 Å². The Balaban J connectivity index is 1.97. The van der Waals surface area contributed by atoms with Crippen molar-refractivity contribution in [3.8, 4) is 11.5 Å². The van der Waals surface area contributed by atoms with E-state index in [9.17, 15) is 9.59 Å². The van der Waals surface area contributed by atoms with Crippen LogP contribution in [0.1, 0.15) is 38.1 Å². The standard InChI is InChI=1S/C24H24N2O6S/c1-5-30-18-12-15(9-10-17(18)29-4)21-20(23(28)31-6-2)14(3)25-24-26(21)22(27)19(33-24)13-16-8-7-11-32-16/h7-13,21H,5-6H2,1-4H3/b19-13+. The average molecular weight is 469 g/mol. The van der Waals surface area contributed by atoms with E-state index >= 15 is 0 Å². The van der Waals surface area contributed by atoms with Crippen LogP contribution in [-0.4, -0.2) is 30.9 Å². The first kappa shape index (κ1) is 22.6. The van der Waals surface area contributed by atoms with Crippen molar-refractivity contribution < 1.29 is 23.4 Å². The normalized spacial score (nSPS) is 15.8. The zero-order valence-electron chi connectivity index (χ0n) is 18.8. The zero-order chi connectivity index (χ0) is 23.5. The van der Waals surface area contributed by atoms with Gasteiger partial charge in [-0.1, -0.05) is 17.4 Å². The molecule has 8 nitrogen and oxygen atoms in total. The molecule has 0 N–H and O–H groups in total. The molecule has 4 rings (SSSR count). The number of allylic oxidation sites excluding steroid dienone is 1. The number of benzene rings is 1. The molecule has 0 amide bonds. The number of nitrogens with zero attached hydrogens (tertiary/aromatic N) is 2. The smallest absolute Gasteiger partial charge is 0.338 e. The van der Waals surface area contributed by atoms with E-state index in [0.717, 1.165) is 0 Å². The maximum atomic E-state index is 13.5. The number of esters is 1. The maximum Gasteiger partial charge on any atom is 0.338 e. The topological polar surface area (TPSA) is 92.3 Å². The Morgan fingerprint density at radius 3 is 2.73 bits per heavy atom. The maximum absolute atomic E-state index is 13.5. The van der Waals surface area contributed by atoms with Crippen LogP contribution >= 0.6 is 11.3 Å². The molecule has 0 spiro atoms. The minimum Gasteiger partial charge on any atom is -0.493 e. The van der Waals surface area contributed by atoms with Gasteiger partial charge in [0.2, 0.25) is 0 Å². The molecule has 0 saturated heterocycles. The van der Waals surface area contributed by atoms with Gasteiger partial charge in [0.1, 0.15) is 5.76 Å². The lowest BCUT2D eigenvalue weighted by atomic mass is 9.95. The number of thiazole rings is 1. The van der Waals surface area contributed by atoms with E-state index in [1.165, 1.54) is 15.9 Å². The summed E-state index contributed by atoms with van der Waals surface area (Å²) in [6.45, 7) is 6.00. The number of hydrogen-bond donors (Lipinski definition) is 0. The molecule has 172 valence electrons. The molecule has 0 aliphatic carbocycles. The fourth-order valence-corrected chi connectivity index (χ4v) is 4.77. The van der Waals surface area contributed by atoms with Crippen LogP contribution in [0.15, 0.2) is 62.1 Å². The second-order valence-corrected chi connectivity index (χ2v) is 8.17. The summed E-state index contributed by atoms with van der Waals surface area (Å²) in [5, 5.41) is 0. The lowest BCUT2D eigenvalue weighted by Crippen LogP contribution is -2.39. The van der Waals surface area contributed by atoms with Gasteiger partial charge in [0, 0.05) is 6.08 Å². The van der Waals surface area contributed by atoms with Crippen LogP contribution < -0.4 is 24.4 Å². The number of furan rings is 1. The third-order valence-corrected chi connectivity index (χ3v) is 6.12. The molecule has 1 atom stereocenters. The molecule has 3 heterocycles. The molecule has 1 aliphatic heterocycles. The van der Waals surface area contributed by atoms with E-state index in [0.29, 0.717) is 50.0 Å². The summed E-state index contributed by atoms with van der Waals surface area (Å²) in [6.07, 6.45) is 3.21. The van der Waals surface area contributed by atoms with E-state index in [2.05, 4.69) is 4.99 Å². The van der Waals surface area contributed by atoms with Gasteiger partial charge in [-0.05, 0) is 50.6 Å². The number of rotatable bonds is 7. The van der Waals surface area contributed by atoms with Gasteiger partial charge in [-0.3, -0.25) is 9.36 Å². The highest BCUT2D eigenvalue weighted by Crippen LogP contribution is 2.36. The fourth-order valence-electron chi connectivity index (χ4n) is 3.74. The van der Waals surface area contributed by atoms with Crippen molar-refractivity contribution in [2.45, 2.75) is 26.8 Å². The highest BCUT2D eigenvalue weighted by atomic mass is 32.1.